The third-order valence-electron chi connectivity index (χ3n) is 4.13. The van der Waals surface area contributed by atoms with Gasteiger partial charge in [0, 0.05) is 14.2 Å². The number of hydrogen-bond donors (Lipinski definition) is 1. The maximum atomic E-state index is 12.6. The van der Waals surface area contributed by atoms with Gasteiger partial charge in [0.1, 0.15) is 13.2 Å². The van der Waals surface area contributed by atoms with Crippen LogP contribution in [0.15, 0.2) is 47.3 Å². The molecular weight excluding hydrogens is 370 g/mol. The second-order valence-corrected chi connectivity index (χ2v) is 6.33. The van der Waals surface area contributed by atoms with Crippen LogP contribution in [-0.4, -0.2) is 35.4 Å². The average Bonchev–Trinajstić information content (AvgIpc) is 2.89. The maximum Gasteiger partial charge on any atom is 0.329 e. The first-order valence-corrected chi connectivity index (χ1v) is 8.75. The Kier molecular flexibility index (Phi) is 5.83. The zero-order valence-electron chi connectivity index (χ0n) is 15.1. The van der Waals surface area contributed by atoms with Gasteiger partial charge in [0.25, 0.3) is 0 Å². The van der Waals surface area contributed by atoms with E-state index < -0.39 is 0 Å². The van der Waals surface area contributed by atoms with Crippen molar-refractivity contribution in [1.29, 1.82) is 0 Å². The lowest BCUT2D eigenvalue weighted by Crippen LogP contribution is -2.28. The van der Waals surface area contributed by atoms with E-state index in [1.807, 2.05) is 24.3 Å². The second-order valence-electron chi connectivity index (χ2n) is 5.92. The van der Waals surface area contributed by atoms with Crippen molar-refractivity contribution in [2.24, 2.45) is 7.05 Å². The number of fused-ring (bicyclic) bond motifs is 1. The Labute approximate surface area is 161 Å². The van der Waals surface area contributed by atoms with E-state index >= 15 is 0 Å². The highest BCUT2D eigenvalue weighted by Crippen LogP contribution is 2.32. The minimum atomic E-state index is -0.354. The number of imidazole rings is 1. The fraction of sp³-hybridized carbons (Fsp3) is 0.263. The Morgan fingerprint density at radius 1 is 1.11 bits per heavy atom. The van der Waals surface area contributed by atoms with Crippen LogP contribution >= 0.6 is 11.6 Å². The number of ether oxygens (including phenoxy) is 2. The fourth-order valence-corrected chi connectivity index (χ4v) is 3.06. The maximum absolute atomic E-state index is 12.6. The minimum Gasteiger partial charge on any atom is -0.487 e. The summed E-state index contributed by atoms with van der Waals surface area (Å²) in [5, 5.41) is 3.15. The first-order chi connectivity index (χ1) is 13.0. The smallest absolute Gasteiger partial charge is 0.329 e. The highest BCUT2D eigenvalue weighted by atomic mass is 35.5. The SMILES string of the molecule is COCCOc1c(Cl)cccc1NC(=O)Cn1c(=O)n(C)c2ccccc21. The Morgan fingerprint density at radius 2 is 1.85 bits per heavy atom. The quantitative estimate of drug-likeness (QED) is 0.630. The number of aryl methyl sites for hydroxylation is 1. The molecule has 1 aromatic heterocycles. The molecule has 0 fully saturated rings. The van der Waals surface area contributed by atoms with Gasteiger partial charge in [0.2, 0.25) is 5.91 Å². The number of aromatic nitrogens is 2. The van der Waals surface area contributed by atoms with Crippen molar-refractivity contribution in [3.63, 3.8) is 0 Å². The summed E-state index contributed by atoms with van der Waals surface area (Å²) < 4.78 is 13.5. The van der Waals surface area contributed by atoms with Crippen molar-refractivity contribution < 1.29 is 14.3 Å². The lowest BCUT2D eigenvalue weighted by Gasteiger charge is -2.14. The molecule has 142 valence electrons. The van der Waals surface area contributed by atoms with Gasteiger partial charge in [-0.25, -0.2) is 4.79 Å². The van der Waals surface area contributed by atoms with E-state index in [0.29, 0.717) is 35.2 Å². The third kappa shape index (κ3) is 3.99. The van der Waals surface area contributed by atoms with Crippen molar-refractivity contribution in [2.75, 3.05) is 25.6 Å². The van der Waals surface area contributed by atoms with Crippen LogP contribution in [0.1, 0.15) is 0 Å². The molecule has 0 unspecified atom stereocenters. The molecule has 27 heavy (non-hydrogen) atoms. The standard InChI is InChI=1S/C19H20ClN3O4/c1-22-15-8-3-4-9-16(15)23(19(22)25)12-17(24)21-14-7-5-6-13(20)18(14)27-11-10-26-2/h3-9H,10-12H2,1-2H3,(H,21,24). The Bertz CT molecular complexity index is 1030. The van der Waals surface area contributed by atoms with E-state index in [2.05, 4.69) is 5.32 Å². The normalized spacial score (nSPS) is 10.9. The van der Waals surface area contributed by atoms with E-state index in [1.54, 1.807) is 32.4 Å². The molecule has 0 aliphatic rings. The van der Waals surface area contributed by atoms with E-state index in [4.69, 9.17) is 21.1 Å². The molecule has 3 aromatic rings. The summed E-state index contributed by atoms with van der Waals surface area (Å²) in [4.78, 5) is 25.0. The van der Waals surface area contributed by atoms with E-state index in [9.17, 15) is 9.59 Å². The van der Waals surface area contributed by atoms with Crippen molar-refractivity contribution in [3.05, 3.63) is 58.0 Å². The Balaban J connectivity index is 1.82. The molecule has 0 spiro atoms. The number of anilines is 1. The van der Waals surface area contributed by atoms with Gasteiger partial charge in [0.05, 0.1) is 28.4 Å². The van der Waals surface area contributed by atoms with Crippen molar-refractivity contribution in [3.8, 4) is 5.75 Å². The number of halogens is 1. The predicted octanol–water partition coefficient (Wildman–Crippen LogP) is 2.66. The monoisotopic (exact) mass is 389 g/mol. The van der Waals surface area contributed by atoms with Crippen LogP contribution in [0.2, 0.25) is 5.02 Å². The van der Waals surface area contributed by atoms with Gasteiger partial charge in [-0.05, 0) is 24.3 Å². The molecule has 3 rings (SSSR count). The highest BCUT2D eigenvalue weighted by Gasteiger charge is 2.16. The zero-order chi connectivity index (χ0) is 19.4. The molecule has 1 N–H and O–H groups in total. The summed E-state index contributed by atoms with van der Waals surface area (Å²) in [5.74, 6) is 0.0159. The van der Waals surface area contributed by atoms with Crippen LogP contribution in [0.25, 0.3) is 11.0 Å². The first kappa shape index (κ1) is 19.0. The number of carbonyl (C=O) groups excluding carboxylic acids is 1. The molecule has 8 heteroatoms. The molecule has 1 heterocycles. The third-order valence-corrected chi connectivity index (χ3v) is 4.43. The second kappa shape index (κ2) is 8.28. The Morgan fingerprint density at radius 3 is 2.59 bits per heavy atom. The van der Waals surface area contributed by atoms with Gasteiger partial charge in [-0.1, -0.05) is 29.8 Å². The van der Waals surface area contributed by atoms with Crippen molar-refractivity contribution in [1.82, 2.24) is 9.13 Å². The number of amides is 1. The van der Waals surface area contributed by atoms with Crippen LogP contribution in [-0.2, 0) is 23.1 Å². The van der Waals surface area contributed by atoms with Crippen LogP contribution in [0, 0.1) is 0 Å². The highest BCUT2D eigenvalue weighted by molar-refractivity contribution is 6.32. The lowest BCUT2D eigenvalue weighted by molar-refractivity contribution is -0.116. The van der Waals surface area contributed by atoms with Gasteiger partial charge in [-0.2, -0.15) is 0 Å². The number of carbonyl (C=O) groups is 1. The molecule has 0 aliphatic heterocycles. The van der Waals surface area contributed by atoms with E-state index in [-0.39, 0.29) is 18.1 Å². The number of rotatable bonds is 7. The molecular formula is C19H20ClN3O4. The van der Waals surface area contributed by atoms with E-state index in [0.717, 1.165) is 5.52 Å². The average molecular weight is 390 g/mol. The molecule has 0 bridgehead atoms. The minimum absolute atomic E-state index is 0.121. The number of methoxy groups -OCH3 is 1. The largest absolute Gasteiger partial charge is 0.487 e. The summed E-state index contributed by atoms with van der Waals surface area (Å²) in [6.45, 7) is 0.570. The molecule has 0 atom stereocenters. The van der Waals surface area contributed by atoms with Crippen molar-refractivity contribution in [2.45, 2.75) is 6.54 Å². The predicted molar refractivity (Wildman–Crippen MR) is 105 cm³/mol. The topological polar surface area (TPSA) is 74.5 Å². The van der Waals surface area contributed by atoms with E-state index in [1.165, 1.54) is 9.13 Å². The van der Waals surface area contributed by atoms with Gasteiger partial charge < -0.3 is 14.8 Å². The zero-order valence-corrected chi connectivity index (χ0v) is 15.8. The van der Waals surface area contributed by atoms with Crippen LogP contribution < -0.4 is 15.7 Å². The van der Waals surface area contributed by atoms with Gasteiger partial charge in [-0.15, -0.1) is 0 Å². The van der Waals surface area contributed by atoms with Gasteiger partial charge >= 0.3 is 5.69 Å². The molecule has 1 amide bonds. The number of nitrogens with zero attached hydrogens (tertiary/aromatic N) is 2. The van der Waals surface area contributed by atoms with Gasteiger partial charge in [0.15, 0.2) is 5.75 Å². The molecule has 0 radical (unpaired) electrons. The number of hydrogen-bond acceptors (Lipinski definition) is 4. The van der Waals surface area contributed by atoms with Gasteiger partial charge in [-0.3, -0.25) is 13.9 Å². The number of nitrogens with one attached hydrogen (secondary N) is 1. The van der Waals surface area contributed by atoms with Crippen molar-refractivity contribution >= 4 is 34.2 Å². The fourth-order valence-electron chi connectivity index (χ4n) is 2.83. The lowest BCUT2D eigenvalue weighted by atomic mass is 10.3. The first-order valence-electron chi connectivity index (χ1n) is 8.37. The molecule has 0 aliphatic carbocycles. The molecule has 0 saturated carbocycles. The summed E-state index contributed by atoms with van der Waals surface area (Å²) in [6, 6.07) is 12.4. The molecule has 0 saturated heterocycles. The van der Waals surface area contributed by atoms with Crippen LogP contribution in [0.5, 0.6) is 5.75 Å². The molecule has 2 aromatic carbocycles. The summed E-state index contributed by atoms with van der Waals surface area (Å²) in [7, 11) is 3.25. The summed E-state index contributed by atoms with van der Waals surface area (Å²) in [6.07, 6.45) is 0. The number of benzene rings is 2. The summed E-state index contributed by atoms with van der Waals surface area (Å²) in [5.41, 5.74) is 1.65. The Hall–Kier alpha value is -2.77. The summed E-state index contributed by atoms with van der Waals surface area (Å²) >= 11 is 6.18. The van der Waals surface area contributed by atoms with Crippen LogP contribution in [0.3, 0.4) is 0 Å². The van der Waals surface area contributed by atoms with Crippen LogP contribution in [0.4, 0.5) is 5.69 Å². The molecule has 7 nitrogen and oxygen atoms in total. The number of para-hydroxylation sites is 3.